The van der Waals surface area contributed by atoms with Crippen LogP contribution in [0.4, 0.5) is 0 Å². The molecule has 94 valence electrons. The Bertz CT molecular complexity index is 240. The summed E-state index contributed by atoms with van der Waals surface area (Å²) in [4.78, 5) is 11.4. The zero-order valence-corrected chi connectivity index (χ0v) is 10.8. The number of hydrogen-bond donors (Lipinski definition) is 2. The fraction of sp³-hybridized carbons (Fsp3) is 0.909. The molecular formula is C11H22N2O2S. The van der Waals surface area contributed by atoms with Crippen molar-refractivity contribution in [3.63, 3.8) is 0 Å². The molecule has 1 unspecified atom stereocenters. The molecule has 0 aromatic heterocycles. The summed E-state index contributed by atoms with van der Waals surface area (Å²) in [5, 5.41) is 6.09. The van der Waals surface area contributed by atoms with Gasteiger partial charge in [-0.1, -0.05) is 12.8 Å². The molecule has 0 spiro atoms. The van der Waals surface area contributed by atoms with Crippen LogP contribution in [0.3, 0.4) is 0 Å². The second-order valence-corrected chi connectivity index (χ2v) is 5.90. The topological polar surface area (TPSA) is 58.2 Å². The van der Waals surface area contributed by atoms with Gasteiger partial charge in [0.25, 0.3) is 0 Å². The Kier molecular flexibility index (Phi) is 6.64. The van der Waals surface area contributed by atoms with Crippen molar-refractivity contribution in [1.82, 2.24) is 10.6 Å². The van der Waals surface area contributed by atoms with Crippen LogP contribution in [-0.2, 0) is 15.6 Å². The molecule has 5 heteroatoms. The highest BCUT2D eigenvalue weighted by Gasteiger charge is 2.14. The van der Waals surface area contributed by atoms with Crippen molar-refractivity contribution in [2.24, 2.45) is 0 Å². The quantitative estimate of drug-likeness (QED) is 0.639. The van der Waals surface area contributed by atoms with Gasteiger partial charge >= 0.3 is 0 Å². The van der Waals surface area contributed by atoms with Crippen molar-refractivity contribution in [2.75, 3.05) is 25.1 Å². The maximum atomic E-state index is 11.4. The first-order valence-electron chi connectivity index (χ1n) is 5.98. The van der Waals surface area contributed by atoms with Crippen LogP contribution in [-0.4, -0.2) is 41.3 Å². The molecule has 1 atom stereocenters. The highest BCUT2D eigenvalue weighted by Crippen LogP contribution is 2.17. The van der Waals surface area contributed by atoms with E-state index in [4.69, 9.17) is 0 Å². The minimum Gasteiger partial charge on any atom is -0.355 e. The zero-order chi connectivity index (χ0) is 11.8. The van der Waals surface area contributed by atoms with Gasteiger partial charge in [-0.3, -0.25) is 9.00 Å². The summed E-state index contributed by atoms with van der Waals surface area (Å²) in [6.45, 7) is 1.05. The summed E-state index contributed by atoms with van der Waals surface area (Å²) >= 11 is 0. The van der Waals surface area contributed by atoms with Gasteiger partial charge in [-0.25, -0.2) is 0 Å². The third-order valence-electron chi connectivity index (χ3n) is 2.84. The summed E-state index contributed by atoms with van der Waals surface area (Å²) in [6.07, 6.45) is 7.43. The van der Waals surface area contributed by atoms with Gasteiger partial charge in [0.05, 0.1) is 6.54 Å². The van der Waals surface area contributed by atoms with E-state index in [1.165, 1.54) is 25.7 Å². The van der Waals surface area contributed by atoms with Crippen molar-refractivity contribution < 1.29 is 9.00 Å². The predicted molar refractivity (Wildman–Crippen MR) is 66.8 cm³/mol. The lowest BCUT2D eigenvalue weighted by atomic mass is 10.2. The molecule has 0 saturated heterocycles. The lowest BCUT2D eigenvalue weighted by Crippen LogP contribution is -2.38. The Labute approximate surface area is 100 Å². The number of nitrogens with one attached hydrogen (secondary N) is 2. The van der Waals surface area contributed by atoms with Crippen LogP contribution in [0.2, 0.25) is 0 Å². The van der Waals surface area contributed by atoms with Gasteiger partial charge in [0.2, 0.25) is 5.91 Å². The molecule has 1 saturated carbocycles. The fourth-order valence-corrected chi connectivity index (χ4v) is 2.48. The van der Waals surface area contributed by atoms with Crippen molar-refractivity contribution in [2.45, 2.75) is 38.1 Å². The average molecular weight is 246 g/mol. The first-order chi connectivity index (χ1) is 7.68. The molecule has 1 amide bonds. The van der Waals surface area contributed by atoms with Crippen molar-refractivity contribution in [3.05, 3.63) is 0 Å². The highest BCUT2D eigenvalue weighted by atomic mass is 32.2. The molecule has 1 aliphatic rings. The van der Waals surface area contributed by atoms with Crippen LogP contribution < -0.4 is 10.6 Å². The Morgan fingerprint density at radius 1 is 1.38 bits per heavy atom. The zero-order valence-electron chi connectivity index (χ0n) is 9.96. The molecule has 0 aromatic carbocycles. The largest absolute Gasteiger partial charge is 0.355 e. The van der Waals surface area contributed by atoms with E-state index in [0.29, 0.717) is 24.9 Å². The van der Waals surface area contributed by atoms with Gasteiger partial charge in [-0.15, -0.1) is 0 Å². The molecule has 1 aliphatic carbocycles. The maximum absolute atomic E-state index is 11.4. The van der Waals surface area contributed by atoms with Crippen LogP contribution in [0.5, 0.6) is 0 Å². The fourth-order valence-electron chi connectivity index (χ4n) is 1.93. The highest BCUT2D eigenvalue weighted by molar-refractivity contribution is 7.84. The van der Waals surface area contributed by atoms with E-state index in [1.54, 1.807) is 6.26 Å². The van der Waals surface area contributed by atoms with Crippen LogP contribution in [0, 0.1) is 0 Å². The molecule has 0 radical (unpaired) electrons. The number of rotatable bonds is 7. The lowest BCUT2D eigenvalue weighted by molar-refractivity contribution is -0.120. The van der Waals surface area contributed by atoms with Crippen LogP contribution >= 0.6 is 0 Å². The molecule has 16 heavy (non-hydrogen) atoms. The summed E-state index contributed by atoms with van der Waals surface area (Å²) < 4.78 is 10.8. The molecule has 0 bridgehead atoms. The molecule has 1 rings (SSSR count). The number of carbonyl (C=O) groups is 1. The molecular weight excluding hydrogens is 224 g/mol. The average Bonchev–Trinajstić information content (AvgIpc) is 2.74. The molecule has 0 aromatic rings. The van der Waals surface area contributed by atoms with E-state index in [0.717, 1.165) is 6.42 Å². The van der Waals surface area contributed by atoms with E-state index in [2.05, 4.69) is 10.6 Å². The van der Waals surface area contributed by atoms with Crippen molar-refractivity contribution in [1.29, 1.82) is 0 Å². The molecule has 0 aliphatic heterocycles. The third kappa shape index (κ3) is 6.23. The standard InChI is InChI=1S/C11H22N2O2S/c1-16(15)8-4-7-12-11(14)9-13-10-5-2-3-6-10/h10,13H,2-9H2,1H3,(H,12,14). The SMILES string of the molecule is CS(=O)CCCNC(=O)CNC1CCCC1. The summed E-state index contributed by atoms with van der Waals surface area (Å²) in [5.41, 5.74) is 0. The number of hydrogen-bond acceptors (Lipinski definition) is 3. The first kappa shape index (κ1) is 13.6. The first-order valence-corrected chi connectivity index (χ1v) is 7.71. The smallest absolute Gasteiger partial charge is 0.233 e. The van der Waals surface area contributed by atoms with Crippen LogP contribution in [0.15, 0.2) is 0 Å². The van der Waals surface area contributed by atoms with E-state index in [-0.39, 0.29) is 5.91 Å². The van der Waals surface area contributed by atoms with E-state index >= 15 is 0 Å². The Morgan fingerprint density at radius 2 is 2.06 bits per heavy atom. The molecule has 2 N–H and O–H groups in total. The van der Waals surface area contributed by atoms with Crippen LogP contribution in [0.25, 0.3) is 0 Å². The minimum absolute atomic E-state index is 0.0498. The molecule has 4 nitrogen and oxygen atoms in total. The Morgan fingerprint density at radius 3 is 2.69 bits per heavy atom. The Balaban J connectivity index is 1.95. The van der Waals surface area contributed by atoms with E-state index in [9.17, 15) is 9.00 Å². The summed E-state index contributed by atoms with van der Waals surface area (Å²) in [5.74, 6) is 0.713. The van der Waals surface area contributed by atoms with Gasteiger partial charge in [-0.2, -0.15) is 0 Å². The van der Waals surface area contributed by atoms with Crippen molar-refractivity contribution >= 4 is 16.7 Å². The van der Waals surface area contributed by atoms with Gasteiger partial charge in [0, 0.05) is 35.4 Å². The van der Waals surface area contributed by atoms with Gasteiger partial charge in [0.1, 0.15) is 0 Å². The normalized spacial score (nSPS) is 18.6. The lowest BCUT2D eigenvalue weighted by Gasteiger charge is -2.11. The maximum Gasteiger partial charge on any atom is 0.233 e. The monoisotopic (exact) mass is 246 g/mol. The molecule has 1 fully saturated rings. The number of carbonyl (C=O) groups excluding carboxylic acids is 1. The minimum atomic E-state index is -0.753. The second kappa shape index (κ2) is 7.79. The van der Waals surface area contributed by atoms with Gasteiger partial charge in [0.15, 0.2) is 0 Å². The number of amides is 1. The van der Waals surface area contributed by atoms with Crippen molar-refractivity contribution in [3.8, 4) is 0 Å². The Hall–Kier alpha value is -0.420. The van der Waals surface area contributed by atoms with E-state index in [1.807, 2.05) is 0 Å². The van der Waals surface area contributed by atoms with Gasteiger partial charge < -0.3 is 10.6 Å². The predicted octanol–water partition coefficient (Wildman–Crippen LogP) is 0.403. The summed E-state index contributed by atoms with van der Waals surface area (Å²) in [6, 6.07) is 0.536. The summed E-state index contributed by atoms with van der Waals surface area (Å²) in [7, 11) is -0.753. The third-order valence-corrected chi connectivity index (χ3v) is 3.70. The van der Waals surface area contributed by atoms with Gasteiger partial charge in [-0.05, 0) is 19.3 Å². The second-order valence-electron chi connectivity index (χ2n) is 4.34. The molecule has 0 heterocycles. The van der Waals surface area contributed by atoms with Crippen LogP contribution in [0.1, 0.15) is 32.1 Å². The van der Waals surface area contributed by atoms with E-state index < -0.39 is 10.8 Å².